The van der Waals surface area contributed by atoms with Crippen molar-refractivity contribution in [1.29, 1.82) is 0 Å². The number of nitrogens with zero attached hydrogens (tertiary/aromatic N) is 3. The van der Waals surface area contributed by atoms with Gasteiger partial charge < -0.3 is 19.4 Å². The number of methoxy groups -OCH3 is 1. The molecule has 29 heavy (non-hydrogen) atoms. The standard InChI is InChI=1S/C22H27N3O3S/c1-4-24-11-13-25(14-12-24)19-16-20(18-8-6-5-7-9-18)22(28-3)21(17-19)29(26,27)15-10-23-2/h5-9,16-17H,4,10-15H2,1,3H3. The van der Waals surface area contributed by atoms with Gasteiger partial charge in [-0.15, -0.1) is 0 Å². The Labute approximate surface area is 173 Å². The summed E-state index contributed by atoms with van der Waals surface area (Å²) in [5, 5.41) is 0. The number of likely N-dealkylation sites (N-methyl/N-ethyl adjacent to an activating group) is 1. The monoisotopic (exact) mass is 413 g/mol. The molecule has 0 radical (unpaired) electrons. The Balaban J connectivity index is 2.13. The molecule has 7 heteroatoms. The minimum Gasteiger partial charge on any atom is -0.495 e. The number of rotatable bonds is 7. The molecule has 0 saturated carbocycles. The lowest BCUT2D eigenvalue weighted by molar-refractivity contribution is 0.271. The van der Waals surface area contributed by atoms with E-state index in [1.807, 2.05) is 36.4 Å². The molecule has 1 aliphatic rings. The number of sulfone groups is 1. The zero-order chi connectivity index (χ0) is 20.9. The first-order chi connectivity index (χ1) is 14.0. The van der Waals surface area contributed by atoms with Crippen LogP contribution in [0.1, 0.15) is 6.92 Å². The van der Waals surface area contributed by atoms with Gasteiger partial charge in [-0.1, -0.05) is 37.3 Å². The van der Waals surface area contributed by atoms with E-state index < -0.39 is 9.84 Å². The van der Waals surface area contributed by atoms with Crippen molar-refractivity contribution in [3.8, 4) is 16.9 Å². The lowest BCUT2D eigenvalue weighted by atomic mass is 10.0. The summed E-state index contributed by atoms with van der Waals surface area (Å²) in [4.78, 5) is 8.00. The van der Waals surface area contributed by atoms with E-state index in [0.29, 0.717) is 5.75 Å². The predicted molar refractivity (Wildman–Crippen MR) is 116 cm³/mol. The van der Waals surface area contributed by atoms with Gasteiger partial charge in [-0.05, 0) is 24.2 Å². The van der Waals surface area contributed by atoms with Crippen molar-refractivity contribution >= 4 is 15.5 Å². The molecule has 1 fully saturated rings. The van der Waals surface area contributed by atoms with E-state index in [1.54, 1.807) is 6.07 Å². The quantitative estimate of drug-likeness (QED) is 0.653. The van der Waals surface area contributed by atoms with Gasteiger partial charge in [0.05, 0.1) is 7.11 Å². The lowest BCUT2D eigenvalue weighted by Gasteiger charge is -2.36. The zero-order valence-corrected chi connectivity index (χ0v) is 17.8. The van der Waals surface area contributed by atoms with Gasteiger partial charge in [0.15, 0.2) is 9.84 Å². The minimum absolute atomic E-state index is 0.0639. The average molecular weight is 414 g/mol. The van der Waals surface area contributed by atoms with Crippen LogP contribution in [0.3, 0.4) is 0 Å². The Kier molecular flexibility index (Phi) is 6.78. The highest BCUT2D eigenvalue weighted by Gasteiger charge is 2.27. The van der Waals surface area contributed by atoms with Crippen molar-refractivity contribution in [2.45, 2.75) is 11.8 Å². The fraction of sp³-hybridized carbons (Fsp3) is 0.409. The molecule has 3 rings (SSSR count). The number of piperazine rings is 1. The summed E-state index contributed by atoms with van der Waals surface area (Å²) in [6.45, 7) is 13.7. The van der Waals surface area contributed by atoms with E-state index in [9.17, 15) is 8.42 Å². The number of ether oxygens (including phenoxy) is 1. The average Bonchev–Trinajstić information content (AvgIpc) is 2.77. The molecule has 0 unspecified atom stereocenters. The second-order valence-corrected chi connectivity index (χ2v) is 9.09. The molecule has 0 aliphatic carbocycles. The number of anilines is 1. The van der Waals surface area contributed by atoms with Crippen LogP contribution in [-0.4, -0.2) is 65.4 Å². The fourth-order valence-electron chi connectivity index (χ4n) is 3.64. The third kappa shape index (κ3) is 4.72. The lowest BCUT2D eigenvalue weighted by Crippen LogP contribution is -2.46. The van der Waals surface area contributed by atoms with E-state index in [4.69, 9.17) is 11.3 Å². The maximum atomic E-state index is 13.0. The van der Waals surface area contributed by atoms with Crippen molar-refractivity contribution in [2.24, 2.45) is 0 Å². The second kappa shape index (κ2) is 9.29. The second-order valence-electron chi connectivity index (χ2n) is 7.01. The van der Waals surface area contributed by atoms with Crippen LogP contribution in [0.5, 0.6) is 5.75 Å². The van der Waals surface area contributed by atoms with Gasteiger partial charge >= 0.3 is 0 Å². The predicted octanol–water partition coefficient (Wildman–Crippen LogP) is 3.20. The van der Waals surface area contributed by atoms with Gasteiger partial charge in [-0.3, -0.25) is 0 Å². The third-order valence-corrected chi connectivity index (χ3v) is 7.01. The van der Waals surface area contributed by atoms with E-state index in [0.717, 1.165) is 49.5 Å². The summed E-state index contributed by atoms with van der Waals surface area (Å²) in [7, 11) is -2.15. The molecule has 0 aromatic heterocycles. The number of benzene rings is 2. The molecule has 2 aromatic carbocycles. The molecule has 0 atom stereocenters. The van der Waals surface area contributed by atoms with Crippen LogP contribution >= 0.6 is 0 Å². The molecule has 0 spiro atoms. The Bertz CT molecular complexity index is 976. The SMILES string of the molecule is [C-]#[N+]CCS(=O)(=O)c1cc(N2CCN(CC)CC2)cc(-c2ccccc2)c1OC. The maximum Gasteiger partial charge on any atom is 0.228 e. The number of hydrogen-bond donors (Lipinski definition) is 0. The highest BCUT2D eigenvalue weighted by atomic mass is 32.2. The van der Waals surface area contributed by atoms with Gasteiger partial charge in [-0.2, -0.15) is 0 Å². The van der Waals surface area contributed by atoms with Gasteiger partial charge in [-0.25, -0.2) is 15.0 Å². The molecule has 0 amide bonds. The van der Waals surface area contributed by atoms with Crippen molar-refractivity contribution in [1.82, 2.24) is 4.90 Å². The van der Waals surface area contributed by atoms with Crippen LogP contribution in [-0.2, 0) is 9.84 Å². The third-order valence-electron chi connectivity index (χ3n) is 5.32. The van der Waals surface area contributed by atoms with Crippen molar-refractivity contribution in [2.75, 3.05) is 57.0 Å². The molecule has 0 bridgehead atoms. The molecule has 154 valence electrons. The highest BCUT2D eigenvalue weighted by molar-refractivity contribution is 7.91. The molecule has 2 aromatic rings. The first-order valence-corrected chi connectivity index (χ1v) is 11.5. The molecule has 6 nitrogen and oxygen atoms in total. The van der Waals surface area contributed by atoms with Crippen molar-refractivity contribution in [3.05, 3.63) is 53.9 Å². The summed E-state index contributed by atoms with van der Waals surface area (Å²) < 4.78 is 31.7. The van der Waals surface area contributed by atoms with Crippen LogP contribution in [0, 0.1) is 6.57 Å². The summed E-state index contributed by atoms with van der Waals surface area (Å²) in [5.74, 6) is 0.130. The summed E-state index contributed by atoms with van der Waals surface area (Å²) in [6.07, 6.45) is 0. The molecular weight excluding hydrogens is 386 g/mol. The summed E-state index contributed by atoms with van der Waals surface area (Å²) in [6, 6.07) is 13.4. The van der Waals surface area contributed by atoms with Crippen LogP contribution < -0.4 is 9.64 Å². The Hall–Kier alpha value is -2.56. The highest BCUT2D eigenvalue weighted by Crippen LogP contribution is 2.40. The van der Waals surface area contributed by atoms with E-state index >= 15 is 0 Å². The summed E-state index contributed by atoms with van der Waals surface area (Å²) in [5.41, 5.74) is 2.53. The van der Waals surface area contributed by atoms with E-state index in [1.165, 1.54) is 7.11 Å². The van der Waals surface area contributed by atoms with Crippen LogP contribution in [0.25, 0.3) is 16.0 Å². The fourth-order valence-corrected chi connectivity index (χ4v) is 4.97. The molecular formula is C22H27N3O3S. The van der Waals surface area contributed by atoms with Crippen molar-refractivity contribution < 1.29 is 13.2 Å². The van der Waals surface area contributed by atoms with E-state index in [2.05, 4.69) is 21.6 Å². The molecule has 1 aliphatic heterocycles. The zero-order valence-electron chi connectivity index (χ0n) is 17.0. The van der Waals surface area contributed by atoms with Gasteiger partial charge in [0.1, 0.15) is 16.4 Å². The normalized spacial score (nSPS) is 15.1. The Morgan fingerprint density at radius 2 is 1.79 bits per heavy atom. The maximum absolute atomic E-state index is 13.0. The number of hydrogen-bond acceptors (Lipinski definition) is 5. The van der Waals surface area contributed by atoms with Gasteiger partial charge in [0, 0.05) is 37.4 Å². The van der Waals surface area contributed by atoms with Crippen LogP contribution in [0.2, 0.25) is 0 Å². The van der Waals surface area contributed by atoms with Crippen LogP contribution in [0.15, 0.2) is 47.4 Å². The van der Waals surface area contributed by atoms with Gasteiger partial charge in [0.25, 0.3) is 0 Å². The van der Waals surface area contributed by atoms with Gasteiger partial charge in [0.2, 0.25) is 6.54 Å². The largest absolute Gasteiger partial charge is 0.495 e. The first-order valence-electron chi connectivity index (χ1n) is 9.81. The Morgan fingerprint density at radius 3 is 2.38 bits per heavy atom. The molecule has 1 heterocycles. The summed E-state index contributed by atoms with van der Waals surface area (Å²) >= 11 is 0. The van der Waals surface area contributed by atoms with E-state index in [-0.39, 0.29) is 17.2 Å². The topological polar surface area (TPSA) is 54.2 Å². The molecule has 0 N–H and O–H groups in total. The minimum atomic E-state index is -3.65. The molecule has 1 saturated heterocycles. The van der Waals surface area contributed by atoms with Crippen LogP contribution in [0.4, 0.5) is 5.69 Å². The Morgan fingerprint density at radius 1 is 1.10 bits per heavy atom. The van der Waals surface area contributed by atoms with Crippen molar-refractivity contribution in [3.63, 3.8) is 0 Å². The first kappa shape index (κ1) is 21.2. The smallest absolute Gasteiger partial charge is 0.228 e.